The SMILES string of the molecule is COCCNC(=O)[C@H]1c2c(ncn2C)CCN1Cc1ccccc1. The van der Waals surface area contributed by atoms with E-state index in [0.717, 1.165) is 30.9 Å². The number of nitrogens with one attached hydrogen (secondary N) is 1. The fourth-order valence-corrected chi connectivity index (χ4v) is 3.23. The zero-order valence-electron chi connectivity index (χ0n) is 14.2. The number of fused-ring (bicyclic) bond motifs is 1. The largest absolute Gasteiger partial charge is 0.383 e. The Morgan fingerprint density at radius 3 is 2.92 bits per heavy atom. The molecule has 1 aliphatic rings. The van der Waals surface area contributed by atoms with Crippen molar-refractivity contribution in [1.29, 1.82) is 0 Å². The minimum absolute atomic E-state index is 0.00697. The Morgan fingerprint density at radius 2 is 2.17 bits per heavy atom. The maximum absolute atomic E-state index is 12.8. The number of ether oxygens (including phenoxy) is 1. The summed E-state index contributed by atoms with van der Waals surface area (Å²) in [6.45, 7) is 2.59. The summed E-state index contributed by atoms with van der Waals surface area (Å²) in [4.78, 5) is 19.5. The average molecular weight is 328 g/mol. The van der Waals surface area contributed by atoms with Gasteiger partial charge in [0.05, 0.1) is 24.3 Å². The molecule has 0 unspecified atom stereocenters. The highest BCUT2D eigenvalue weighted by Gasteiger charge is 2.35. The van der Waals surface area contributed by atoms with Gasteiger partial charge in [0.2, 0.25) is 5.91 Å². The van der Waals surface area contributed by atoms with Crippen LogP contribution in [0.1, 0.15) is 23.0 Å². The number of carbonyl (C=O) groups is 1. The first kappa shape index (κ1) is 16.7. The summed E-state index contributed by atoms with van der Waals surface area (Å²) in [7, 11) is 3.58. The monoisotopic (exact) mass is 328 g/mol. The van der Waals surface area contributed by atoms with Gasteiger partial charge in [-0.3, -0.25) is 9.69 Å². The molecule has 2 heterocycles. The van der Waals surface area contributed by atoms with Gasteiger partial charge in [0.1, 0.15) is 6.04 Å². The second-order valence-corrected chi connectivity index (χ2v) is 6.08. The molecule has 6 nitrogen and oxygen atoms in total. The summed E-state index contributed by atoms with van der Waals surface area (Å²) in [5, 5.41) is 2.98. The van der Waals surface area contributed by atoms with Crippen LogP contribution in [-0.2, 0) is 29.5 Å². The van der Waals surface area contributed by atoms with Gasteiger partial charge in [-0.2, -0.15) is 0 Å². The van der Waals surface area contributed by atoms with Crippen LogP contribution in [0.2, 0.25) is 0 Å². The molecule has 0 aliphatic carbocycles. The molecule has 1 atom stereocenters. The van der Waals surface area contributed by atoms with Crippen molar-refractivity contribution in [2.75, 3.05) is 26.8 Å². The van der Waals surface area contributed by atoms with Crippen molar-refractivity contribution in [3.8, 4) is 0 Å². The molecule has 0 bridgehead atoms. The first-order valence-electron chi connectivity index (χ1n) is 8.25. The van der Waals surface area contributed by atoms with Gasteiger partial charge in [-0.05, 0) is 5.56 Å². The molecule has 128 valence electrons. The number of nitrogens with zero attached hydrogens (tertiary/aromatic N) is 3. The first-order valence-corrected chi connectivity index (χ1v) is 8.25. The number of amides is 1. The standard InChI is InChI=1S/C18H24N4O2/c1-21-13-20-15-8-10-22(12-14-6-4-3-5-7-14)17(16(15)21)18(23)19-9-11-24-2/h3-7,13,17H,8-12H2,1-2H3,(H,19,23)/t17-/m1/s1. The second kappa shape index (κ2) is 7.59. The van der Waals surface area contributed by atoms with Gasteiger partial charge in [0, 0.05) is 40.2 Å². The molecule has 0 fully saturated rings. The molecule has 0 saturated carbocycles. The van der Waals surface area contributed by atoms with Crippen LogP contribution in [-0.4, -0.2) is 47.2 Å². The van der Waals surface area contributed by atoms with E-state index in [1.165, 1.54) is 5.56 Å². The van der Waals surface area contributed by atoms with E-state index >= 15 is 0 Å². The van der Waals surface area contributed by atoms with Crippen molar-refractivity contribution in [2.45, 2.75) is 19.0 Å². The van der Waals surface area contributed by atoms with Crippen LogP contribution in [0.25, 0.3) is 0 Å². The minimum Gasteiger partial charge on any atom is -0.383 e. The van der Waals surface area contributed by atoms with Crippen molar-refractivity contribution in [1.82, 2.24) is 19.8 Å². The third kappa shape index (κ3) is 3.49. The molecule has 1 N–H and O–H groups in total. The van der Waals surface area contributed by atoms with E-state index in [1.54, 1.807) is 13.4 Å². The first-order chi connectivity index (χ1) is 11.7. The molecular formula is C18H24N4O2. The Bertz CT molecular complexity index is 684. The lowest BCUT2D eigenvalue weighted by atomic mass is 10.0. The summed E-state index contributed by atoms with van der Waals surface area (Å²) in [5.41, 5.74) is 3.22. The molecule has 1 aromatic heterocycles. The Kier molecular flexibility index (Phi) is 5.27. The zero-order chi connectivity index (χ0) is 16.9. The lowest BCUT2D eigenvalue weighted by molar-refractivity contribution is -0.127. The quantitative estimate of drug-likeness (QED) is 0.812. The molecular weight excluding hydrogens is 304 g/mol. The van der Waals surface area contributed by atoms with Crippen molar-refractivity contribution in [2.24, 2.45) is 7.05 Å². The minimum atomic E-state index is -0.321. The van der Waals surface area contributed by atoms with E-state index in [1.807, 2.05) is 29.8 Å². The summed E-state index contributed by atoms with van der Waals surface area (Å²) in [6, 6.07) is 9.94. The molecule has 1 amide bonds. The molecule has 6 heteroatoms. The van der Waals surface area contributed by atoms with Crippen LogP contribution in [0.3, 0.4) is 0 Å². The van der Waals surface area contributed by atoms with E-state index in [4.69, 9.17) is 4.74 Å². The number of carbonyl (C=O) groups excluding carboxylic acids is 1. The number of hydrogen-bond acceptors (Lipinski definition) is 4. The Balaban J connectivity index is 1.84. The summed E-state index contributed by atoms with van der Waals surface area (Å²) < 4.78 is 7.00. The van der Waals surface area contributed by atoms with Gasteiger partial charge < -0.3 is 14.6 Å². The maximum Gasteiger partial charge on any atom is 0.243 e. The zero-order valence-corrected chi connectivity index (χ0v) is 14.2. The van der Waals surface area contributed by atoms with Crippen molar-refractivity contribution < 1.29 is 9.53 Å². The molecule has 2 aromatic rings. The van der Waals surface area contributed by atoms with Crippen LogP contribution >= 0.6 is 0 Å². The number of aryl methyl sites for hydroxylation is 1. The molecule has 24 heavy (non-hydrogen) atoms. The molecule has 1 aromatic carbocycles. The van der Waals surface area contributed by atoms with E-state index in [0.29, 0.717) is 13.2 Å². The predicted octanol–water partition coefficient (Wildman–Crippen LogP) is 1.28. The van der Waals surface area contributed by atoms with E-state index in [-0.39, 0.29) is 11.9 Å². The normalized spacial score (nSPS) is 17.5. The highest BCUT2D eigenvalue weighted by Crippen LogP contribution is 2.30. The Morgan fingerprint density at radius 1 is 1.38 bits per heavy atom. The second-order valence-electron chi connectivity index (χ2n) is 6.08. The fourth-order valence-electron chi connectivity index (χ4n) is 3.23. The van der Waals surface area contributed by atoms with Gasteiger partial charge in [-0.15, -0.1) is 0 Å². The van der Waals surface area contributed by atoms with Gasteiger partial charge in [0.25, 0.3) is 0 Å². The number of rotatable bonds is 6. The number of benzene rings is 1. The molecule has 1 aliphatic heterocycles. The maximum atomic E-state index is 12.8. The molecule has 3 rings (SSSR count). The third-order valence-electron chi connectivity index (χ3n) is 4.40. The summed E-state index contributed by atoms with van der Waals surface area (Å²) in [6.07, 6.45) is 2.66. The van der Waals surface area contributed by atoms with Crippen LogP contribution < -0.4 is 5.32 Å². The predicted molar refractivity (Wildman–Crippen MR) is 91.4 cm³/mol. The number of methoxy groups -OCH3 is 1. The number of aromatic nitrogens is 2. The third-order valence-corrected chi connectivity index (χ3v) is 4.40. The average Bonchev–Trinajstić information content (AvgIpc) is 2.97. The van der Waals surface area contributed by atoms with Crippen LogP contribution in [0.5, 0.6) is 0 Å². The molecule has 0 spiro atoms. The smallest absolute Gasteiger partial charge is 0.243 e. The lowest BCUT2D eigenvalue weighted by Crippen LogP contribution is -2.45. The van der Waals surface area contributed by atoms with Gasteiger partial charge in [-0.25, -0.2) is 4.98 Å². The number of imidazole rings is 1. The van der Waals surface area contributed by atoms with Gasteiger partial charge >= 0.3 is 0 Å². The van der Waals surface area contributed by atoms with Crippen LogP contribution in [0.15, 0.2) is 36.7 Å². The van der Waals surface area contributed by atoms with E-state index in [9.17, 15) is 4.79 Å². The van der Waals surface area contributed by atoms with Crippen molar-refractivity contribution >= 4 is 5.91 Å². The highest BCUT2D eigenvalue weighted by atomic mass is 16.5. The molecule has 0 saturated heterocycles. The Hall–Kier alpha value is -2.18. The Labute approximate surface area is 142 Å². The number of hydrogen-bond donors (Lipinski definition) is 1. The van der Waals surface area contributed by atoms with Gasteiger partial charge in [-0.1, -0.05) is 30.3 Å². The van der Waals surface area contributed by atoms with E-state index < -0.39 is 0 Å². The topological polar surface area (TPSA) is 59.4 Å². The summed E-state index contributed by atoms with van der Waals surface area (Å²) >= 11 is 0. The summed E-state index contributed by atoms with van der Waals surface area (Å²) in [5.74, 6) is 0.00697. The van der Waals surface area contributed by atoms with Gasteiger partial charge in [0.15, 0.2) is 0 Å². The van der Waals surface area contributed by atoms with Crippen molar-refractivity contribution in [3.05, 3.63) is 53.6 Å². The van der Waals surface area contributed by atoms with Crippen LogP contribution in [0, 0.1) is 0 Å². The van der Waals surface area contributed by atoms with Crippen molar-refractivity contribution in [3.63, 3.8) is 0 Å². The fraction of sp³-hybridized carbons (Fsp3) is 0.444. The highest BCUT2D eigenvalue weighted by molar-refractivity contribution is 5.83. The lowest BCUT2D eigenvalue weighted by Gasteiger charge is -2.35. The molecule has 0 radical (unpaired) electrons. The van der Waals surface area contributed by atoms with Crippen LogP contribution in [0.4, 0.5) is 0 Å². The van der Waals surface area contributed by atoms with E-state index in [2.05, 4.69) is 27.3 Å².